The fourth-order valence-electron chi connectivity index (χ4n) is 4.69. The highest BCUT2D eigenvalue weighted by Gasteiger charge is 2.25. The Kier molecular flexibility index (Phi) is 7.96. The number of piperazine rings is 2. The molecule has 0 aromatic heterocycles. The molecule has 178 valence electrons. The van der Waals surface area contributed by atoms with E-state index in [1.807, 2.05) is 11.0 Å². The van der Waals surface area contributed by atoms with E-state index >= 15 is 0 Å². The number of ether oxygens (including phenoxy) is 1. The molecular weight excluding hydrogens is 419 g/mol. The van der Waals surface area contributed by atoms with Crippen molar-refractivity contribution in [2.24, 2.45) is 0 Å². The Morgan fingerprint density at radius 3 is 2.06 bits per heavy atom. The Bertz CT molecular complexity index is 938. The summed E-state index contributed by atoms with van der Waals surface area (Å²) < 4.78 is 18.9. The average molecular weight is 455 g/mol. The fourth-order valence-corrected chi connectivity index (χ4v) is 4.69. The molecule has 2 aromatic rings. The van der Waals surface area contributed by atoms with E-state index < -0.39 is 0 Å². The van der Waals surface area contributed by atoms with Crippen molar-refractivity contribution in [1.82, 2.24) is 19.6 Å². The second-order valence-corrected chi connectivity index (χ2v) is 9.17. The summed E-state index contributed by atoms with van der Waals surface area (Å²) in [6, 6.07) is 13.8. The number of carbonyl (C=O) groups is 1. The van der Waals surface area contributed by atoms with E-state index in [2.05, 4.69) is 45.9 Å². The first kappa shape index (κ1) is 23.7. The van der Waals surface area contributed by atoms with Crippen LogP contribution in [0.4, 0.5) is 4.39 Å². The zero-order valence-corrected chi connectivity index (χ0v) is 19.8. The molecule has 0 bridgehead atoms. The SMILES string of the molecule is COc1ccc(CN2CCN(CC(=O)N3CCN(Cc4cccc(C)c4)CC3)CC2)cc1F. The molecule has 0 radical (unpaired) electrons. The number of halogens is 1. The lowest BCUT2D eigenvalue weighted by Gasteiger charge is -2.38. The topological polar surface area (TPSA) is 39.3 Å². The lowest BCUT2D eigenvalue weighted by atomic mass is 10.1. The van der Waals surface area contributed by atoms with Gasteiger partial charge in [0.1, 0.15) is 0 Å². The van der Waals surface area contributed by atoms with Gasteiger partial charge in [0.2, 0.25) is 5.91 Å². The maximum atomic E-state index is 13.9. The van der Waals surface area contributed by atoms with Crippen LogP contribution in [0.15, 0.2) is 42.5 Å². The van der Waals surface area contributed by atoms with Crippen LogP contribution >= 0.6 is 0 Å². The highest BCUT2D eigenvalue weighted by Crippen LogP contribution is 2.19. The van der Waals surface area contributed by atoms with Crippen LogP contribution < -0.4 is 4.74 Å². The van der Waals surface area contributed by atoms with Crippen LogP contribution in [-0.4, -0.2) is 91.5 Å². The van der Waals surface area contributed by atoms with Crippen molar-refractivity contribution in [3.63, 3.8) is 0 Å². The second kappa shape index (κ2) is 11.1. The van der Waals surface area contributed by atoms with E-state index in [1.54, 1.807) is 12.1 Å². The van der Waals surface area contributed by atoms with Crippen LogP contribution in [0.2, 0.25) is 0 Å². The predicted octanol–water partition coefficient (Wildman–Crippen LogP) is 2.60. The van der Waals surface area contributed by atoms with E-state index in [1.165, 1.54) is 18.2 Å². The summed E-state index contributed by atoms with van der Waals surface area (Å²) in [4.78, 5) is 21.8. The van der Waals surface area contributed by atoms with Crippen LogP contribution in [0.5, 0.6) is 5.75 Å². The molecule has 0 unspecified atom stereocenters. The Morgan fingerprint density at radius 1 is 0.848 bits per heavy atom. The quantitative estimate of drug-likeness (QED) is 0.643. The minimum absolute atomic E-state index is 0.232. The smallest absolute Gasteiger partial charge is 0.236 e. The first-order valence-electron chi connectivity index (χ1n) is 11.8. The fraction of sp³-hybridized carbons (Fsp3) is 0.500. The highest BCUT2D eigenvalue weighted by atomic mass is 19.1. The van der Waals surface area contributed by atoms with Crippen LogP contribution in [0.1, 0.15) is 16.7 Å². The number of rotatable bonds is 7. The maximum absolute atomic E-state index is 13.9. The van der Waals surface area contributed by atoms with Crippen molar-refractivity contribution in [3.05, 3.63) is 65.0 Å². The number of amides is 1. The van der Waals surface area contributed by atoms with Crippen molar-refractivity contribution < 1.29 is 13.9 Å². The monoisotopic (exact) mass is 454 g/mol. The normalized spacial score (nSPS) is 18.5. The van der Waals surface area contributed by atoms with Crippen LogP contribution in [0.25, 0.3) is 0 Å². The lowest BCUT2D eigenvalue weighted by Crippen LogP contribution is -2.53. The molecule has 2 aliphatic heterocycles. The predicted molar refractivity (Wildman–Crippen MR) is 128 cm³/mol. The molecule has 2 heterocycles. The minimum Gasteiger partial charge on any atom is -0.494 e. The molecule has 1 amide bonds. The molecule has 2 aliphatic rings. The maximum Gasteiger partial charge on any atom is 0.236 e. The number of benzene rings is 2. The molecule has 0 saturated carbocycles. The Balaban J connectivity index is 1.17. The number of hydrogen-bond donors (Lipinski definition) is 0. The van der Waals surface area contributed by atoms with Crippen molar-refractivity contribution >= 4 is 5.91 Å². The Labute approximate surface area is 196 Å². The highest BCUT2D eigenvalue weighted by molar-refractivity contribution is 5.78. The van der Waals surface area contributed by atoms with E-state index in [4.69, 9.17) is 4.74 Å². The number of aryl methyl sites for hydroxylation is 1. The molecule has 0 spiro atoms. The molecule has 4 rings (SSSR count). The van der Waals surface area contributed by atoms with Gasteiger partial charge in [-0.2, -0.15) is 0 Å². The zero-order valence-electron chi connectivity index (χ0n) is 19.8. The number of nitrogens with zero attached hydrogens (tertiary/aromatic N) is 4. The third-order valence-corrected chi connectivity index (χ3v) is 6.66. The zero-order chi connectivity index (χ0) is 23.2. The van der Waals surface area contributed by atoms with E-state index in [9.17, 15) is 9.18 Å². The van der Waals surface area contributed by atoms with Crippen molar-refractivity contribution in [3.8, 4) is 5.75 Å². The summed E-state index contributed by atoms with van der Waals surface area (Å²) in [6.07, 6.45) is 0. The summed E-state index contributed by atoms with van der Waals surface area (Å²) in [5.41, 5.74) is 3.57. The van der Waals surface area contributed by atoms with Gasteiger partial charge >= 0.3 is 0 Å². The van der Waals surface area contributed by atoms with Gasteiger partial charge in [-0.05, 0) is 30.2 Å². The third kappa shape index (κ3) is 6.53. The van der Waals surface area contributed by atoms with Crippen LogP contribution in [0.3, 0.4) is 0 Å². The van der Waals surface area contributed by atoms with Gasteiger partial charge in [-0.15, -0.1) is 0 Å². The average Bonchev–Trinajstić information content (AvgIpc) is 2.81. The van der Waals surface area contributed by atoms with E-state index in [-0.39, 0.29) is 17.5 Å². The number of hydrogen-bond acceptors (Lipinski definition) is 5. The summed E-state index contributed by atoms with van der Waals surface area (Å²) >= 11 is 0. The lowest BCUT2D eigenvalue weighted by molar-refractivity contribution is -0.134. The van der Waals surface area contributed by atoms with E-state index in [0.29, 0.717) is 13.1 Å². The van der Waals surface area contributed by atoms with Gasteiger partial charge in [0, 0.05) is 65.4 Å². The summed E-state index contributed by atoms with van der Waals surface area (Å²) in [5, 5.41) is 0. The van der Waals surface area contributed by atoms with Gasteiger partial charge in [0.15, 0.2) is 11.6 Å². The number of carbonyl (C=O) groups excluding carboxylic acids is 1. The summed E-state index contributed by atoms with van der Waals surface area (Å²) in [6.45, 7) is 11.2. The molecular formula is C26H35FN4O2. The van der Waals surface area contributed by atoms with Crippen LogP contribution in [0, 0.1) is 12.7 Å². The standard InChI is InChI=1S/C26H35FN4O2/c1-21-4-3-5-22(16-21)18-29-12-14-31(15-13-29)26(32)20-30-10-8-28(9-11-30)19-23-6-7-25(33-2)24(27)17-23/h3-7,16-17H,8-15,18-20H2,1-2H3. The van der Waals surface area contributed by atoms with Crippen molar-refractivity contribution in [2.45, 2.75) is 20.0 Å². The molecule has 0 atom stereocenters. The number of methoxy groups -OCH3 is 1. The van der Waals surface area contributed by atoms with Gasteiger partial charge in [-0.3, -0.25) is 19.5 Å². The molecule has 2 saturated heterocycles. The first-order chi connectivity index (χ1) is 16.0. The molecule has 0 N–H and O–H groups in total. The van der Waals surface area contributed by atoms with E-state index in [0.717, 1.165) is 64.5 Å². The largest absolute Gasteiger partial charge is 0.494 e. The summed E-state index contributed by atoms with van der Waals surface area (Å²) in [7, 11) is 1.48. The summed E-state index contributed by atoms with van der Waals surface area (Å²) in [5.74, 6) is 0.187. The Morgan fingerprint density at radius 2 is 1.45 bits per heavy atom. The van der Waals surface area contributed by atoms with Gasteiger partial charge in [-0.25, -0.2) is 4.39 Å². The van der Waals surface area contributed by atoms with Crippen LogP contribution in [-0.2, 0) is 17.9 Å². The first-order valence-corrected chi connectivity index (χ1v) is 11.8. The minimum atomic E-state index is -0.321. The Hall–Kier alpha value is -2.48. The van der Waals surface area contributed by atoms with Crippen molar-refractivity contribution in [2.75, 3.05) is 66.0 Å². The van der Waals surface area contributed by atoms with Gasteiger partial charge < -0.3 is 9.64 Å². The molecule has 2 fully saturated rings. The molecule has 0 aliphatic carbocycles. The van der Waals surface area contributed by atoms with Gasteiger partial charge in [-0.1, -0.05) is 35.9 Å². The van der Waals surface area contributed by atoms with Gasteiger partial charge in [0.05, 0.1) is 13.7 Å². The molecule has 2 aromatic carbocycles. The second-order valence-electron chi connectivity index (χ2n) is 9.17. The molecule has 6 nitrogen and oxygen atoms in total. The molecule has 7 heteroatoms. The molecule has 33 heavy (non-hydrogen) atoms. The third-order valence-electron chi connectivity index (χ3n) is 6.66. The van der Waals surface area contributed by atoms with Crippen molar-refractivity contribution in [1.29, 1.82) is 0 Å². The van der Waals surface area contributed by atoms with Gasteiger partial charge in [0.25, 0.3) is 0 Å².